The number of urea groups is 1. The molecule has 4 rings (SSSR count). The number of benzene rings is 2. The Morgan fingerprint density at radius 1 is 1.00 bits per heavy atom. The van der Waals surface area contributed by atoms with Crippen LogP contribution in [0.2, 0.25) is 5.02 Å². The van der Waals surface area contributed by atoms with Crippen LogP contribution in [0.1, 0.15) is 16.9 Å². The summed E-state index contributed by atoms with van der Waals surface area (Å²) < 4.78 is 10.9. The molecule has 0 radical (unpaired) electrons. The molecule has 7 nitrogen and oxygen atoms in total. The van der Waals surface area contributed by atoms with Gasteiger partial charge < -0.3 is 9.15 Å². The average Bonchev–Trinajstić information content (AvgIpc) is 3.28. The summed E-state index contributed by atoms with van der Waals surface area (Å²) in [5.74, 6) is -0.368. The molecular formula is C23H17ClN2O5. The Hall–Kier alpha value is -3.84. The van der Waals surface area contributed by atoms with E-state index in [-0.39, 0.29) is 12.1 Å². The Bertz CT molecular complexity index is 1140. The van der Waals surface area contributed by atoms with Crippen LogP contribution in [0.25, 0.3) is 6.08 Å². The third-order valence-corrected chi connectivity index (χ3v) is 4.84. The van der Waals surface area contributed by atoms with Gasteiger partial charge in [0.05, 0.1) is 12.8 Å². The fraction of sp³-hybridized carbons (Fsp3) is 0.0870. The first-order valence-electron chi connectivity index (χ1n) is 9.38. The lowest BCUT2D eigenvalue weighted by molar-refractivity contribution is -0.130. The highest BCUT2D eigenvalue weighted by Crippen LogP contribution is 2.20. The minimum absolute atomic E-state index is 0.0697. The molecule has 3 aromatic rings. The number of amides is 4. The van der Waals surface area contributed by atoms with E-state index in [4.69, 9.17) is 20.8 Å². The fourth-order valence-electron chi connectivity index (χ4n) is 2.97. The lowest BCUT2D eigenvalue weighted by atomic mass is 10.1. The van der Waals surface area contributed by atoms with Crippen LogP contribution >= 0.6 is 11.6 Å². The van der Waals surface area contributed by atoms with E-state index in [1.807, 2.05) is 12.1 Å². The van der Waals surface area contributed by atoms with Gasteiger partial charge >= 0.3 is 6.03 Å². The molecule has 0 bridgehead atoms. The Kier molecular flexibility index (Phi) is 5.86. The molecule has 0 spiro atoms. The largest absolute Gasteiger partial charge is 0.489 e. The number of hydrogen-bond donors (Lipinski definition) is 1. The number of halogens is 1. The number of carbonyl (C=O) groups excluding carboxylic acids is 3. The molecule has 0 saturated carbocycles. The first-order chi connectivity index (χ1) is 15.0. The second kappa shape index (κ2) is 8.89. The molecule has 1 aromatic heterocycles. The number of nitrogens with one attached hydrogen (secondary N) is 1. The lowest BCUT2D eigenvalue weighted by Gasteiger charge is -2.25. The number of imide groups is 2. The number of hydrogen-bond acceptors (Lipinski definition) is 5. The highest BCUT2D eigenvalue weighted by molar-refractivity contribution is 6.31. The summed E-state index contributed by atoms with van der Waals surface area (Å²) >= 11 is 5.87. The third kappa shape index (κ3) is 4.84. The van der Waals surface area contributed by atoms with Crippen molar-refractivity contribution in [3.63, 3.8) is 0 Å². The van der Waals surface area contributed by atoms with Gasteiger partial charge in [0, 0.05) is 5.02 Å². The van der Waals surface area contributed by atoms with E-state index < -0.39 is 17.8 Å². The number of nitrogens with zero attached hydrogens (tertiary/aromatic N) is 1. The minimum Gasteiger partial charge on any atom is -0.489 e. The Morgan fingerprint density at radius 2 is 1.74 bits per heavy atom. The summed E-state index contributed by atoms with van der Waals surface area (Å²) in [6, 6.07) is 16.8. The molecule has 0 unspecified atom stereocenters. The van der Waals surface area contributed by atoms with Gasteiger partial charge in [-0.05, 0) is 53.6 Å². The first-order valence-corrected chi connectivity index (χ1v) is 9.76. The second-order valence-electron chi connectivity index (χ2n) is 6.77. The zero-order valence-corrected chi connectivity index (χ0v) is 17.0. The van der Waals surface area contributed by atoms with Gasteiger partial charge in [0.25, 0.3) is 11.8 Å². The average molecular weight is 437 g/mol. The molecule has 1 aliphatic heterocycles. The standard InChI is InChI=1S/C23H17ClN2O5/c24-17-7-3-16(4-8-17)14-31-18-9-5-15(6-10-18)12-20-21(27)25-23(29)26(22(20)28)13-19-2-1-11-30-19/h1-12H,13-14H2,(H,25,27,29)/b20-12+. The molecule has 1 saturated heterocycles. The van der Waals surface area contributed by atoms with Crippen LogP contribution in [0, 0.1) is 0 Å². The van der Waals surface area contributed by atoms with Crippen molar-refractivity contribution in [2.45, 2.75) is 13.2 Å². The SMILES string of the molecule is O=C1NC(=O)N(Cc2ccco2)C(=O)/C1=C/c1ccc(OCc2ccc(Cl)cc2)cc1. The Labute approximate surface area is 182 Å². The van der Waals surface area contributed by atoms with Gasteiger partial charge in [-0.3, -0.25) is 19.8 Å². The van der Waals surface area contributed by atoms with Crippen LogP contribution in [0.5, 0.6) is 5.75 Å². The number of ether oxygens (including phenoxy) is 1. The highest BCUT2D eigenvalue weighted by atomic mass is 35.5. The zero-order valence-electron chi connectivity index (χ0n) is 16.2. The number of barbiturate groups is 1. The maximum absolute atomic E-state index is 12.7. The molecule has 2 aromatic carbocycles. The van der Waals surface area contributed by atoms with Crippen LogP contribution in [-0.4, -0.2) is 22.7 Å². The van der Waals surface area contributed by atoms with Gasteiger partial charge in [-0.1, -0.05) is 35.9 Å². The quantitative estimate of drug-likeness (QED) is 0.462. The van der Waals surface area contributed by atoms with E-state index >= 15 is 0 Å². The number of furan rings is 1. The van der Waals surface area contributed by atoms with Crippen LogP contribution in [0.4, 0.5) is 4.79 Å². The summed E-state index contributed by atoms with van der Waals surface area (Å²) in [7, 11) is 0. The number of rotatable bonds is 6. The second-order valence-corrected chi connectivity index (χ2v) is 7.21. The van der Waals surface area contributed by atoms with Crippen molar-refractivity contribution in [2.75, 3.05) is 0 Å². The van der Waals surface area contributed by atoms with Crippen molar-refractivity contribution < 1.29 is 23.5 Å². The number of carbonyl (C=O) groups is 3. The monoisotopic (exact) mass is 436 g/mol. The van der Waals surface area contributed by atoms with E-state index in [1.54, 1.807) is 48.5 Å². The van der Waals surface area contributed by atoms with E-state index in [9.17, 15) is 14.4 Å². The summed E-state index contributed by atoms with van der Waals surface area (Å²) in [5, 5.41) is 2.84. The predicted octanol–water partition coefficient (Wildman–Crippen LogP) is 4.17. The third-order valence-electron chi connectivity index (χ3n) is 4.59. The summed E-state index contributed by atoms with van der Waals surface area (Å²) in [6.07, 6.45) is 2.88. The van der Waals surface area contributed by atoms with E-state index in [0.717, 1.165) is 10.5 Å². The molecule has 1 aliphatic rings. The van der Waals surface area contributed by atoms with Gasteiger partial charge in [0.2, 0.25) is 0 Å². The molecule has 8 heteroatoms. The zero-order chi connectivity index (χ0) is 21.8. The topological polar surface area (TPSA) is 88.9 Å². The van der Waals surface area contributed by atoms with Crippen molar-refractivity contribution in [2.24, 2.45) is 0 Å². The Morgan fingerprint density at radius 3 is 2.42 bits per heavy atom. The van der Waals surface area contributed by atoms with Crippen molar-refractivity contribution in [1.82, 2.24) is 10.2 Å². The molecule has 1 fully saturated rings. The normalized spacial score (nSPS) is 15.3. The van der Waals surface area contributed by atoms with Gasteiger partial charge in [-0.25, -0.2) is 4.79 Å². The summed E-state index contributed by atoms with van der Waals surface area (Å²) in [4.78, 5) is 37.9. The van der Waals surface area contributed by atoms with Gasteiger partial charge in [-0.2, -0.15) is 0 Å². The van der Waals surface area contributed by atoms with Crippen LogP contribution in [0.3, 0.4) is 0 Å². The van der Waals surface area contributed by atoms with Crippen LogP contribution in [0.15, 0.2) is 76.9 Å². The van der Waals surface area contributed by atoms with Crippen molar-refractivity contribution in [1.29, 1.82) is 0 Å². The minimum atomic E-state index is -0.783. The molecule has 2 heterocycles. The van der Waals surface area contributed by atoms with Gasteiger partial charge in [0.1, 0.15) is 23.7 Å². The van der Waals surface area contributed by atoms with E-state index in [1.165, 1.54) is 12.3 Å². The molecule has 4 amide bonds. The summed E-state index contributed by atoms with van der Waals surface area (Å²) in [5.41, 5.74) is 1.45. The van der Waals surface area contributed by atoms with Gasteiger partial charge in [-0.15, -0.1) is 0 Å². The predicted molar refractivity (Wildman–Crippen MR) is 113 cm³/mol. The summed E-state index contributed by atoms with van der Waals surface area (Å²) in [6.45, 7) is 0.308. The van der Waals surface area contributed by atoms with E-state index in [2.05, 4.69) is 5.32 Å². The lowest BCUT2D eigenvalue weighted by Crippen LogP contribution is -2.53. The van der Waals surface area contributed by atoms with Crippen molar-refractivity contribution in [3.05, 3.63) is 94.4 Å². The molecule has 0 aliphatic carbocycles. The van der Waals surface area contributed by atoms with E-state index in [0.29, 0.717) is 28.7 Å². The molecule has 1 N–H and O–H groups in total. The molecule has 156 valence electrons. The highest BCUT2D eigenvalue weighted by Gasteiger charge is 2.36. The molecule has 31 heavy (non-hydrogen) atoms. The van der Waals surface area contributed by atoms with Crippen molar-refractivity contribution in [3.8, 4) is 5.75 Å². The van der Waals surface area contributed by atoms with Crippen LogP contribution in [-0.2, 0) is 22.7 Å². The maximum Gasteiger partial charge on any atom is 0.331 e. The van der Waals surface area contributed by atoms with Crippen molar-refractivity contribution >= 4 is 35.5 Å². The molecule has 0 atom stereocenters. The Balaban J connectivity index is 1.46. The molecular weight excluding hydrogens is 420 g/mol. The van der Waals surface area contributed by atoms with Crippen LogP contribution < -0.4 is 10.1 Å². The van der Waals surface area contributed by atoms with Gasteiger partial charge in [0.15, 0.2) is 0 Å². The fourth-order valence-corrected chi connectivity index (χ4v) is 3.10. The first kappa shape index (κ1) is 20.4. The smallest absolute Gasteiger partial charge is 0.331 e. The maximum atomic E-state index is 12.7.